The first-order valence-electron chi connectivity index (χ1n) is 6.86. The average Bonchev–Trinajstić information content (AvgIpc) is 2.53. The fraction of sp³-hybridized carbons (Fsp3) is 0.294. The second-order valence-corrected chi connectivity index (χ2v) is 5.88. The number of thioether (sulfide) groups is 1. The summed E-state index contributed by atoms with van der Waals surface area (Å²) in [4.78, 5) is 1.14. The molecule has 4 heteroatoms. The van der Waals surface area contributed by atoms with Crippen molar-refractivity contribution in [2.75, 3.05) is 14.2 Å². The Bertz CT molecular complexity index is 603. The Kier molecular flexibility index (Phi) is 5.65. The molecule has 0 saturated carbocycles. The van der Waals surface area contributed by atoms with Crippen LogP contribution in [0.2, 0.25) is 0 Å². The van der Waals surface area contributed by atoms with Crippen molar-refractivity contribution in [2.45, 2.75) is 23.6 Å². The van der Waals surface area contributed by atoms with E-state index in [1.165, 1.54) is 18.7 Å². The third-order valence-electron chi connectivity index (χ3n) is 3.45. The summed E-state index contributed by atoms with van der Waals surface area (Å²) in [5.41, 5.74) is 1.92. The lowest BCUT2D eigenvalue weighted by atomic mass is 10.1. The topological polar surface area (TPSA) is 21.3 Å². The number of ether oxygens (including phenoxy) is 1. The molecule has 0 saturated heterocycles. The van der Waals surface area contributed by atoms with Gasteiger partial charge in [-0.1, -0.05) is 18.2 Å². The van der Waals surface area contributed by atoms with Crippen molar-refractivity contribution in [3.05, 3.63) is 59.4 Å². The number of benzene rings is 2. The molecule has 0 radical (unpaired) electrons. The van der Waals surface area contributed by atoms with Gasteiger partial charge in [0.15, 0.2) is 0 Å². The number of nitrogens with one attached hydrogen (secondary N) is 1. The second-order valence-electron chi connectivity index (χ2n) is 4.83. The normalized spacial score (nSPS) is 12.2. The maximum absolute atomic E-state index is 13.9. The van der Waals surface area contributed by atoms with E-state index >= 15 is 0 Å². The van der Waals surface area contributed by atoms with Crippen LogP contribution in [0.4, 0.5) is 4.39 Å². The molecule has 1 N–H and O–H groups in total. The predicted molar refractivity (Wildman–Crippen MR) is 86.4 cm³/mol. The zero-order chi connectivity index (χ0) is 15.2. The van der Waals surface area contributed by atoms with E-state index < -0.39 is 0 Å². The minimum atomic E-state index is -0.221. The highest BCUT2D eigenvalue weighted by Crippen LogP contribution is 2.27. The van der Waals surface area contributed by atoms with Crippen LogP contribution in [0.3, 0.4) is 0 Å². The van der Waals surface area contributed by atoms with Gasteiger partial charge in [-0.05, 0) is 43.3 Å². The molecule has 0 amide bonds. The number of methoxy groups -OCH3 is 1. The smallest absolute Gasteiger partial charge is 0.130 e. The summed E-state index contributed by atoms with van der Waals surface area (Å²) in [5.74, 6) is 0.931. The van der Waals surface area contributed by atoms with Gasteiger partial charge in [-0.25, -0.2) is 4.39 Å². The van der Waals surface area contributed by atoms with Crippen LogP contribution < -0.4 is 10.1 Å². The zero-order valence-electron chi connectivity index (χ0n) is 12.5. The molecule has 0 fully saturated rings. The Morgan fingerprint density at radius 2 is 2.05 bits per heavy atom. The molecule has 0 bridgehead atoms. The molecule has 1 atom stereocenters. The molecule has 0 heterocycles. The summed E-state index contributed by atoms with van der Waals surface area (Å²) >= 11 is 1.63. The lowest BCUT2D eigenvalue weighted by Crippen LogP contribution is -2.11. The van der Waals surface area contributed by atoms with Crippen molar-refractivity contribution in [1.82, 2.24) is 5.32 Å². The van der Waals surface area contributed by atoms with Crippen LogP contribution in [0.1, 0.15) is 24.1 Å². The molecule has 112 valence electrons. The van der Waals surface area contributed by atoms with Gasteiger partial charge in [0.05, 0.1) is 7.11 Å². The molecule has 2 rings (SSSR count). The predicted octanol–water partition coefficient (Wildman–Crippen LogP) is 4.41. The largest absolute Gasteiger partial charge is 0.497 e. The van der Waals surface area contributed by atoms with Crippen molar-refractivity contribution < 1.29 is 9.13 Å². The highest BCUT2D eigenvalue weighted by atomic mass is 32.2. The van der Waals surface area contributed by atoms with E-state index in [0.717, 1.165) is 4.90 Å². The number of hydrogen-bond donors (Lipinski definition) is 1. The molecule has 0 aliphatic heterocycles. The zero-order valence-corrected chi connectivity index (χ0v) is 13.3. The molecule has 0 aliphatic rings. The lowest BCUT2D eigenvalue weighted by Gasteiger charge is -2.12. The van der Waals surface area contributed by atoms with Crippen LogP contribution in [-0.2, 0) is 5.75 Å². The molecular weight excluding hydrogens is 285 g/mol. The van der Waals surface area contributed by atoms with Crippen LogP contribution in [0, 0.1) is 5.82 Å². The molecule has 0 aliphatic carbocycles. The van der Waals surface area contributed by atoms with Gasteiger partial charge >= 0.3 is 0 Å². The van der Waals surface area contributed by atoms with Gasteiger partial charge < -0.3 is 10.1 Å². The Balaban J connectivity index is 2.06. The Morgan fingerprint density at radius 1 is 1.24 bits per heavy atom. The maximum Gasteiger partial charge on any atom is 0.130 e. The highest BCUT2D eigenvalue weighted by molar-refractivity contribution is 7.98. The highest BCUT2D eigenvalue weighted by Gasteiger charge is 2.07. The van der Waals surface area contributed by atoms with Crippen LogP contribution >= 0.6 is 11.8 Å². The average molecular weight is 305 g/mol. The van der Waals surface area contributed by atoms with Crippen LogP contribution in [0.5, 0.6) is 5.75 Å². The van der Waals surface area contributed by atoms with Crippen LogP contribution in [0.15, 0.2) is 47.4 Å². The van der Waals surface area contributed by atoms with Crippen LogP contribution in [0.25, 0.3) is 0 Å². The van der Waals surface area contributed by atoms with Gasteiger partial charge in [0, 0.05) is 22.8 Å². The first-order valence-corrected chi connectivity index (χ1v) is 7.85. The van der Waals surface area contributed by atoms with Gasteiger partial charge in [-0.2, -0.15) is 0 Å². The summed E-state index contributed by atoms with van der Waals surface area (Å²) < 4.78 is 18.9. The molecule has 0 spiro atoms. The summed E-state index contributed by atoms with van der Waals surface area (Å²) in [6.45, 7) is 2.12. The van der Waals surface area contributed by atoms with Crippen LogP contribution in [-0.4, -0.2) is 14.2 Å². The van der Waals surface area contributed by atoms with Gasteiger partial charge in [0.2, 0.25) is 0 Å². The lowest BCUT2D eigenvalue weighted by molar-refractivity contribution is 0.411. The Labute approximate surface area is 129 Å². The van der Waals surface area contributed by atoms with E-state index in [0.29, 0.717) is 23.1 Å². The monoisotopic (exact) mass is 305 g/mol. The Hall–Kier alpha value is -1.52. The molecular formula is C17H20FNOS. The summed E-state index contributed by atoms with van der Waals surface area (Å²) in [5, 5.41) is 3.22. The van der Waals surface area contributed by atoms with Gasteiger partial charge in [0.25, 0.3) is 0 Å². The second kappa shape index (κ2) is 7.48. The molecule has 0 aromatic heterocycles. The number of halogens is 1. The van der Waals surface area contributed by atoms with E-state index in [1.54, 1.807) is 23.9 Å². The van der Waals surface area contributed by atoms with Crippen molar-refractivity contribution in [3.63, 3.8) is 0 Å². The van der Waals surface area contributed by atoms with E-state index in [2.05, 4.69) is 30.4 Å². The minimum Gasteiger partial charge on any atom is -0.497 e. The summed E-state index contributed by atoms with van der Waals surface area (Å²) in [6.07, 6.45) is 0. The molecule has 2 aromatic rings. The number of hydrogen-bond acceptors (Lipinski definition) is 3. The first-order chi connectivity index (χ1) is 10.1. The van der Waals surface area contributed by atoms with E-state index in [9.17, 15) is 4.39 Å². The molecule has 1 unspecified atom stereocenters. The fourth-order valence-corrected chi connectivity index (χ4v) is 2.92. The molecule has 2 aromatic carbocycles. The first kappa shape index (κ1) is 15.9. The SMILES string of the molecule is CNC(C)c1cccc(SCc2ccc(OC)cc2F)c1. The van der Waals surface area contributed by atoms with Crippen molar-refractivity contribution in [3.8, 4) is 5.75 Å². The van der Waals surface area contributed by atoms with Crippen molar-refractivity contribution in [2.24, 2.45) is 0 Å². The third kappa shape index (κ3) is 4.22. The van der Waals surface area contributed by atoms with Gasteiger partial charge in [0.1, 0.15) is 11.6 Å². The quantitative estimate of drug-likeness (QED) is 0.799. The molecule has 21 heavy (non-hydrogen) atoms. The van der Waals surface area contributed by atoms with Gasteiger partial charge in [-0.3, -0.25) is 0 Å². The van der Waals surface area contributed by atoms with E-state index in [1.807, 2.05) is 13.1 Å². The van der Waals surface area contributed by atoms with E-state index in [4.69, 9.17) is 4.74 Å². The van der Waals surface area contributed by atoms with Crippen molar-refractivity contribution >= 4 is 11.8 Å². The standard InChI is InChI=1S/C17H20FNOS/c1-12(19-2)13-5-4-6-16(9-13)21-11-14-7-8-15(20-3)10-17(14)18/h4-10,12,19H,11H2,1-3H3. The van der Waals surface area contributed by atoms with Crippen molar-refractivity contribution in [1.29, 1.82) is 0 Å². The summed E-state index contributed by atoms with van der Waals surface area (Å²) in [6, 6.07) is 13.6. The fourth-order valence-electron chi connectivity index (χ4n) is 1.97. The third-order valence-corrected chi connectivity index (χ3v) is 4.49. The number of rotatable bonds is 6. The Morgan fingerprint density at radius 3 is 2.71 bits per heavy atom. The molecule has 2 nitrogen and oxygen atoms in total. The van der Waals surface area contributed by atoms with Gasteiger partial charge in [-0.15, -0.1) is 11.8 Å². The summed E-state index contributed by atoms with van der Waals surface area (Å²) in [7, 11) is 3.48. The maximum atomic E-state index is 13.9. The minimum absolute atomic E-state index is 0.221. The van der Waals surface area contributed by atoms with E-state index in [-0.39, 0.29) is 5.82 Å².